The molecule has 1 N–H and O–H groups in total. The van der Waals surface area contributed by atoms with E-state index in [1.54, 1.807) is 0 Å². The van der Waals surface area contributed by atoms with E-state index in [0.717, 1.165) is 15.0 Å². The van der Waals surface area contributed by atoms with Crippen molar-refractivity contribution in [3.05, 3.63) is 34.2 Å². The average molecular weight is 269 g/mol. The topological polar surface area (TPSA) is 37.3 Å². The molecule has 0 aliphatic rings. The van der Waals surface area contributed by atoms with E-state index in [1.807, 2.05) is 38.1 Å². The molecule has 2 nitrogen and oxygen atoms in total. The monoisotopic (exact) mass is 268 g/mol. The quantitative estimate of drug-likeness (QED) is 0.897. The Morgan fingerprint density at radius 3 is 2.65 bits per heavy atom. The van der Waals surface area contributed by atoms with Crippen LogP contribution in [0.5, 0.6) is 0 Å². The van der Waals surface area contributed by atoms with Crippen LogP contribution in [-0.4, -0.2) is 11.1 Å². The van der Waals surface area contributed by atoms with Crippen molar-refractivity contribution in [1.29, 1.82) is 0 Å². The number of carboxylic acid groups (broad SMARTS) is 1. The van der Waals surface area contributed by atoms with Gasteiger partial charge in [0, 0.05) is 14.6 Å². The molecular weight excluding hydrogens is 256 g/mol. The van der Waals surface area contributed by atoms with Crippen molar-refractivity contribution >= 4 is 39.0 Å². The lowest BCUT2D eigenvalue weighted by atomic mass is 9.94. The number of aliphatic carboxylic acids is 1. The highest BCUT2D eigenvalue weighted by Gasteiger charge is 2.25. The van der Waals surface area contributed by atoms with Crippen LogP contribution >= 0.6 is 22.9 Å². The zero-order valence-electron chi connectivity index (χ0n) is 9.61. The predicted molar refractivity (Wildman–Crippen MR) is 72.0 cm³/mol. The molecule has 1 aromatic heterocycles. The molecule has 17 heavy (non-hydrogen) atoms. The smallest absolute Gasteiger partial charge is 0.312 e. The molecule has 0 amide bonds. The van der Waals surface area contributed by atoms with Crippen molar-refractivity contribution < 1.29 is 9.90 Å². The maximum Gasteiger partial charge on any atom is 0.312 e. The molecule has 0 radical (unpaired) electrons. The lowest BCUT2D eigenvalue weighted by Gasteiger charge is -2.13. The summed E-state index contributed by atoms with van der Waals surface area (Å²) in [5.74, 6) is -1.13. The Balaban J connectivity index is 2.51. The fraction of sp³-hybridized carbons (Fsp3) is 0.308. The predicted octanol–water partition coefficient (Wildman–Crippen LogP) is 4.38. The molecule has 0 bridgehead atoms. The highest BCUT2D eigenvalue weighted by Crippen LogP contribution is 2.35. The van der Waals surface area contributed by atoms with E-state index in [4.69, 9.17) is 11.6 Å². The molecule has 0 fully saturated rings. The van der Waals surface area contributed by atoms with Gasteiger partial charge in [-0.15, -0.1) is 11.3 Å². The number of benzene rings is 1. The van der Waals surface area contributed by atoms with Crippen LogP contribution in [0.2, 0.25) is 5.02 Å². The first kappa shape index (κ1) is 12.4. The highest BCUT2D eigenvalue weighted by molar-refractivity contribution is 7.19. The number of halogens is 1. The van der Waals surface area contributed by atoms with Gasteiger partial charge in [-0.3, -0.25) is 4.79 Å². The number of hydrogen-bond donors (Lipinski definition) is 1. The summed E-state index contributed by atoms with van der Waals surface area (Å²) in [7, 11) is 0. The molecule has 0 spiro atoms. The van der Waals surface area contributed by atoms with Gasteiger partial charge >= 0.3 is 5.97 Å². The molecule has 2 aromatic rings. The lowest BCUT2D eigenvalue weighted by molar-refractivity contribution is -0.139. The Kier molecular flexibility index (Phi) is 3.40. The summed E-state index contributed by atoms with van der Waals surface area (Å²) in [6, 6.07) is 7.57. The van der Waals surface area contributed by atoms with Gasteiger partial charge in [0.1, 0.15) is 0 Å². The van der Waals surface area contributed by atoms with Gasteiger partial charge in [0.15, 0.2) is 0 Å². The second kappa shape index (κ2) is 4.67. The standard InChI is InChI=1S/C13H13ClO2S/c1-7(2)12(13(15)16)11-6-8-5-9(14)3-4-10(8)17-11/h3-7,12H,1-2H3,(H,15,16). The fourth-order valence-electron chi connectivity index (χ4n) is 1.92. The molecule has 1 heterocycles. The Labute approximate surface area is 109 Å². The molecule has 0 aliphatic carbocycles. The second-order valence-corrected chi connectivity index (χ2v) is 5.94. The maximum atomic E-state index is 11.3. The number of carboxylic acids is 1. The molecule has 0 saturated heterocycles. The number of thiophene rings is 1. The van der Waals surface area contributed by atoms with E-state index in [0.29, 0.717) is 5.02 Å². The summed E-state index contributed by atoms with van der Waals surface area (Å²) >= 11 is 7.45. The molecule has 1 unspecified atom stereocenters. The van der Waals surface area contributed by atoms with Crippen molar-refractivity contribution in [3.63, 3.8) is 0 Å². The van der Waals surface area contributed by atoms with E-state index in [2.05, 4.69) is 0 Å². The summed E-state index contributed by atoms with van der Waals surface area (Å²) in [4.78, 5) is 12.2. The molecule has 0 saturated carbocycles. The SMILES string of the molecule is CC(C)C(C(=O)O)c1cc2cc(Cl)ccc2s1. The van der Waals surface area contributed by atoms with Crippen LogP contribution in [0.4, 0.5) is 0 Å². The molecule has 1 atom stereocenters. The number of carbonyl (C=O) groups is 1. The zero-order valence-corrected chi connectivity index (χ0v) is 11.2. The summed E-state index contributed by atoms with van der Waals surface area (Å²) in [6.45, 7) is 3.85. The van der Waals surface area contributed by atoms with Crippen LogP contribution in [0.25, 0.3) is 10.1 Å². The molecule has 0 aliphatic heterocycles. The van der Waals surface area contributed by atoms with E-state index < -0.39 is 11.9 Å². The van der Waals surface area contributed by atoms with Gasteiger partial charge in [0.2, 0.25) is 0 Å². The molecule has 1 aromatic carbocycles. The van der Waals surface area contributed by atoms with Crippen LogP contribution < -0.4 is 0 Å². The van der Waals surface area contributed by atoms with Crippen LogP contribution in [0.15, 0.2) is 24.3 Å². The third-order valence-electron chi connectivity index (χ3n) is 2.74. The number of hydrogen-bond acceptors (Lipinski definition) is 2. The van der Waals surface area contributed by atoms with Crippen molar-refractivity contribution in [1.82, 2.24) is 0 Å². The van der Waals surface area contributed by atoms with Gasteiger partial charge in [0.25, 0.3) is 0 Å². The van der Waals surface area contributed by atoms with Crippen LogP contribution in [0.3, 0.4) is 0 Å². The van der Waals surface area contributed by atoms with Crippen LogP contribution in [-0.2, 0) is 4.79 Å². The van der Waals surface area contributed by atoms with E-state index in [1.165, 1.54) is 11.3 Å². The van der Waals surface area contributed by atoms with E-state index >= 15 is 0 Å². The van der Waals surface area contributed by atoms with Gasteiger partial charge in [0.05, 0.1) is 5.92 Å². The first-order valence-electron chi connectivity index (χ1n) is 5.41. The minimum Gasteiger partial charge on any atom is -0.481 e. The molecule has 4 heteroatoms. The largest absolute Gasteiger partial charge is 0.481 e. The summed E-state index contributed by atoms with van der Waals surface area (Å²) in [6.07, 6.45) is 0. The molecule has 90 valence electrons. The normalized spacial score (nSPS) is 13.2. The first-order chi connectivity index (χ1) is 7.99. The lowest BCUT2D eigenvalue weighted by Crippen LogP contribution is -2.16. The zero-order chi connectivity index (χ0) is 12.6. The Morgan fingerprint density at radius 1 is 1.35 bits per heavy atom. The third-order valence-corrected chi connectivity index (χ3v) is 4.17. The third kappa shape index (κ3) is 2.45. The van der Waals surface area contributed by atoms with Crippen molar-refractivity contribution in [2.45, 2.75) is 19.8 Å². The van der Waals surface area contributed by atoms with Gasteiger partial charge in [-0.05, 0) is 35.6 Å². The van der Waals surface area contributed by atoms with E-state index in [-0.39, 0.29) is 5.92 Å². The minimum atomic E-state index is -0.766. The average Bonchev–Trinajstić information content (AvgIpc) is 2.58. The maximum absolute atomic E-state index is 11.3. The van der Waals surface area contributed by atoms with Gasteiger partial charge in [-0.2, -0.15) is 0 Å². The highest BCUT2D eigenvalue weighted by atomic mass is 35.5. The van der Waals surface area contributed by atoms with E-state index in [9.17, 15) is 9.90 Å². The van der Waals surface area contributed by atoms with Crippen molar-refractivity contribution in [3.8, 4) is 0 Å². The fourth-order valence-corrected chi connectivity index (χ4v) is 3.42. The number of fused-ring (bicyclic) bond motifs is 1. The van der Waals surface area contributed by atoms with Crippen molar-refractivity contribution in [2.75, 3.05) is 0 Å². The molecule has 2 rings (SSSR count). The first-order valence-corrected chi connectivity index (χ1v) is 6.60. The second-order valence-electron chi connectivity index (χ2n) is 4.39. The van der Waals surface area contributed by atoms with Gasteiger partial charge < -0.3 is 5.11 Å². The Morgan fingerprint density at radius 2 is 2.06 bits per heavy atom. The summed E-state index contributed by atoms with van der Waals surface area (Å²) in [5, 5.41) is 11.0. The summed E-state index contributed by atoms with van der Waals surface area (Å²) in [5.41, 5.74) is 0. The number of rotatable bonds is 3. The Hall–Kier alpha value is -1.06. The van der Waals surface area contributed by atoms with Crippen LogP contribution in [0.1, 0.15) is 24.6 Å². The Bertz CT molecular complexity index is 560. The van der Waals surface area contributed by atoms with Crippen LogP contribution in [0, 0.1) is 5.92 Å². The molecular formula is C13H13ClO2S. The summed E-state index contributed by atoms with van der Waals surface area (Å²) < 4.78 is 1.08. The van der Waals surface area contributed by atoms with Gasteiger partial charge in [-0.25, -0.2) is 0 Å². The van der Waals surface area contributed by atoms with Gasteiger partial charge in [-0.1, -0.05) is 25.4 Å². The minimum absolute atomic E-state index is 0.0797. The van der Waals surface area contributed by atoms with Crippen molar-refractivity contribution in [2.24, 2.45) is 5.92 Å².